The molecule has 2 aromatic rings. The van der Waals surface area contributed by atoms with E-state index in [2.05, 4.69) is 34.7 Å². The second kappa shape index (κ2) is 9.27. The van der Waals surface area contributed by atoms with Crippen LogP contribution in [0.2, 0.25) is 0 Å². The Hall–Kier alpha value is -2.28. The number of aryl methyl sites for hydroxylation is 1. The van der Waals surface area contributed by atoms with E-state index in [1.54, 1.807) is 6.07 Å². The third kappa shape index (κ3) is 5.94. The van der Waals surface area contributed by atoms with Crippen molar-refractivity contribution < 1.29 is 9.59 Å². The van der Waals surface area contributed by atoms with Gasteiger partial charge in [0.1, 0.15) is 5.01 Å². The minimum absolute atomic E-state index is 0.178. The number of carbonyl (C=O) groups is 2. The minimum atomic E-state index is -0.185. The predicted octanol–water partition coefficient (Wildman–Crippen LogP) is 3.51. The first-order valence-corrected chi connectivity index (χ1v) is 9.29. The average Bonchev–Trinajstić information content (AvgIpc) is 3.03. The summed E-state index contributed by atoms with van der Waals surface area (Å²) in [5, 5.41) is 15.1. The molecule has 7 heteroatoms. The molecule has 6 nitrogen and oxygen atoms in total. The van der Waals surface area contributed by atoms with Crippen LogP contribution in [-0.4, -0.2) is 28.6 Å². The molecule has 0 fully saturated rings. The van der Waals surface area contributed by atoms with E-state index in [1.165, 1.54) is 11.3 Å². The van der Waals surface area contributed by atoms with E-state index in [0.29, 0.717) is 16.6 Å². The lowest BCUT2D eigenvalue weighted by molar-refractivity contribution is -0.116. The van der Waals surface area contributed by atoms with Gasteiger partial charge in [-0.1, -0.05) is 49.3 Å². The molecule has 0 aliphatic heterocycles. The normalized spacial score (nSPS) is 11.8. The van der Waals surface area contributed by atoms with Crippen molar-refractivity contribution in [2.24, 2.45) is 0 Å². The van der Waals surface area contributed by atoms with Gasteiger partial charge in [-0.05, 0) is 25.5 Å². The number of hydrogen-bond donors (Lipinski definition) is 2. The Morgan fingerprint density at radius 1 is 1.28 bits per heavy atom. The van der Waals surface area contributed by atoms with Gasteiger partial charge in [-0.2, -0.15) is 0 Å². The number of aromatic nitrogens is 2. The number of nitrogens with zero attached hydrogens (tertiary/aromatic N) is 2. The first kappa shape index (κ1) is 19.1. The summed E-state index contributed by atoms with van der Waals surface area (Å²) in [6.45, 7) is 6.44. The first-order chi connectivity index (χ1) is 12.0. The molecule has 2 N–H and O–H groups in total. The van der Waals surface area contributed by atoms with Gasteiger partial charge in [-0.15, -0.1) is 10.2 Å². The third-order valence-electron chi connectivity index (χ3n) is 3.75. The van der Waals surface area contributed by atoms with Crippen LogP contribution in [0, 0.1) is 6.92 Å². The Morgan fingerprint density at radius 3 is 2.80 bits per heavy atom. The summed E-state index contributed by atoms with van der Waals surface area (Å²) < 4.78 is 0. The first-order valence-electron chi connectivity index (χ1n) is 8.47. The van der Waals surface area contributed by atoms with Gasteiger partial charge >= 0.3 is 0 Å². The van der Waals surface area contributed by atoms with Gasteiger partial charge in [0, 0.05) is 24.4 Å². The molecule has 134 valence electrons. The Balaban J connectivity index is 1.76. The van der Waals surface area contributed by atoms with E-state index in [9.17, 15) is 9.59 Å². The molecule has 1 aromatic heterocycles. The van der Waals surface area contributed by atoms with Crippen LogP contribution in [0.25, 0.3) is 0 Å². The molecule has 0 saturated heterocycles. The zero-order valence-electron chi connectivity index (χ0n) is 14.8. The number of nitrogens with one attached hydrogen (secondary N) is 2. The topological polar surface area (TPSA) is 84.0 Å². The Labute approximate surface area is 152 Å². The molecular weight excluding hydrogens is 336 g/mol. The van der Waals surface area contributed by atoms with Crippen LogP contribution in [0.15, 0.2) is 24.3 Å². The molecule has 0 aliphatic rings. The van der Waals surface area contributed by atoms with Crippen molar-refractivity contribution in [3.05, 3.63) is 40.4 Å². The lowest BCUT2D eigenvalue weighted by Crippen LogP contribution is -2.27. The van der Waals surface area contributed by atoms with Crippen LogP contribution >= 0.6 is 11.3 Å². The maximum absolute atomic E-state index is 12.0. The number of anilines is 1. The molecule has 0 bridgehead atoms. The molecule has 0 saturated carbocycles. The summed E-state index contributed by atoms with van der Waals surface area (Å²) in [5.41, 5.74) is 1.62. The molecule has 0 radical (unpaired) electrons. The van der Waals surface area contributed by atoms with Crippen molar-refractivity contribution >= 4 is 28.3 Å². The number of amides is 2. The van der Waals surface area contributed by atoms with Crippen LogP contribution in [0.5, 0.6) is 0 Å². The summed E-state index contributed by atoms with van der Waals surface area (Å²) in [6.07, 6.45) is 2.33. The van der Waals surface area contributed by atoms with E-state index in [0.717, 1.165) is 23.4 Å². The fourth-order valence-electron chi connectivity index (χ4n) is 2.40. The summed E-state index contributed by atoms with van der Waals surface area (Å²) in [7, 11) is 0. The van der Waals surface area contributed by atoms with Crippen molar-refractivity contribution in [3.63, 3.8) is 0 Å². The smallest absolute Gasteiger partial charge is 0.251 e. The van der Waals surface area contributed by atoms with E-state index in [4.69, 9.17) is 0 Å². The molecule has 1 aromatic carbocycles. The summed E-state index contributed by atoms with van der Waals surface area (Å²) in [5.74, 6) is -0.0137. The molecular formula is C18H24N4O2S. The highest BCUT2D eigenvalue weighted by molar-refractivity contribution is 7.15. The maximum atomic E-state index is 12.0. The Kier molecular flexibility index (Phi) is 7.06. The van der Waals surface area contributed by atoms with Gasteiger partial charge in [0.15, 0.2) is 0 Å². The monoisotopic (exact) mass is 360 g/mol. The van der Waals surface area contributed by atoms with Crippen LogP contribution in [0.4, 0.5) is 5.13 Å². The SMILES string of the molecule is CCCC(C)c1nnc(NC(=O)CCNC(=O)c2cccc(C)c2)s1. The lowest BCUT2D eigenvalue weighted by atomic mass is 10.1. The summed E-state index contributed by atoms with van der Waals surface area (Å²) >= 11 is 1.41. The second-order valence-electron chi connectivity index (χ2n) is 6.06. The molecule has 1 atom stereocenters. The van der Waals surface area contributed by atoms with Crippen molar-refractivity contribution in [1.29, 1.82) is 0 Å². The van der Waals surface area contributed by atoms with Gasteiger partial charge < -0.3 is 10.6 Å². The quantitative estimate of drug-likeness (QED) is 0.754. The van der Waals surface area contributed by atoms with Crippen molar-refractivity contribution in [2.45, 2.75) is 46.0 Å². The van der Waals surface area contributed by atoms with E-state index >= 15 is 0 Å². The van der Waals surface area contributed by atoms with E-state index in [-0.39, 0.29) is 24.8 Å². The van der Waals surface area contributed by atoms with Crippen LogP contribution in [0.1, 0.15) is 60.0 Å². The zero-order valence-corrected chi connectivity index (χ0v) is 15.7. The summed E-state index contributed by atoms with van der Waals surface area (Å²) in [6, 6.07) is 7.34. The highest BCUT2D eigenvalue weighted by Crippen LogP contribution is 2.26. The molecule has 2 amide bonds. The minimum Gasteiger partial charge on any atom is -0.352 e. The lowest BCUT2D eigenvalue weighted by Gasteiger charge is -2.06. The number of benzene rings is 1. The molecule has 2 rings (SSSR count). The number of hydrogen-bond acceptors (Lipinski definition) is 5. The van der Waals surface area contributed by atoms with Crippen molar-refractivity contribution in [3.8, 4) is 0 Å². The summed E-state index contributed by atoms with van der Waals surface area (Å²) in [4.78, 5) is 24.0. The molecule has 1 unspecified atom stereocenters. The fraction of sp³-hybridized carbons (Fsp3) is 0.444. The van der Waals surface area contributed by atoms with Crippen LogP contribution in [0.3, 0.4) is 0 Å². The molecule has 1 heterocycles. The molecule has 0 spiro atoms. The molecule has 25 heavy (non-hydrogen) atoms. The largest absolute Gasteiger partial charge is 0.352 e. The van der Waals surface area contributed by atoms with Crippen LogP contribution < -0.4 is 10.6 Å². The molecule has 0 aliphatic carbocycles. The van der Waals surface area contributed by atoms with E-state index in [1.807, 2.05) is 25.1 Å². The predicted molar refractivity (Wildman–Crippen MR) is 100.0 cm³/mol. The third-order valence-corrected chi connectivity index (χ3v) is 4.82. The zero-order chi connectivity index (χ0) is 18.2. The Morgan fingerprint density at radius 2 is 2.08 bits per heavy atom. The average molecular weight is 360 g/mol. The van der Waals surface area contributed by atoms with Gasteiger partial charge in [0.2, 0.25) is 11.0 Å². The van der Waals surface area contributed by atoms with E-state index < -0.39 is 0 Å². The van der Waals surface area contributed by atoms with Gasteiger partial charge in [-0.3, -0.25) is 9.59 Å². The standard InChI is InChI=1S/C18H24N4O2S/c1-4-6-13(3)17-21-22-18(25-17)20-15(23)9-10-19-16(24)14-8-5-7-12(2)11-14/h5,7-8,11,13H,4,6,9-10H2,1-3H3,(H,19,24)(H,20,22,23). The van der Waals surface area contributed by atoms with Gasteiger partial charge in [-0.25, -0.2) is 0 Å². The highest BCUT2D eigenvalue weighted by atomic mass is 32.1. The van der Waals surface area contributed by atoms with Crippen molar-refractivity contribution in [1.82, 2.24) is 15.5 Å². The van der Waals surface area contributed by atoms with Crippen LogP contribution in [-0.2, 0) is 4.79 Å². The van der Waals surface area contributed by atoms with Gasteiger partial charge in [0.05, 0.1) is 0 Å². The second-order valence-corrected chi connectivity index (χ2v) is 7.07. The number of carbonyl (C=O) groups excluding carboxylic acids is 2. The van der Waals surface area contributed by atoms with Gasteiger partial charge in [0.25, 0.3) is 5.91 Å². The highest BCUT2D eigenvalue weighted by Gasteiger charge is 2.13. The van der Waals surface area contributed by atoms with Crippen molar-refractivity contribution in [2.75, 3.05) is 11.9 Å². The maximum Gasteiger partial charge on any atom is 0.251 e. The Bertz CT molecular complexity index is 729. The fourth-order valence-corrected chi connectivity index (χ4v) is 3.25. The number of rotatable bonds is 8.